The van der Waals surface area contributed by atoms with Crippen molar-refractivity contribution in [3.05, 3.63) is 35.4 Å². The van der Waals surface area contributed by atoms with Crippen LogP contribution in [0, 0.1) is 0 Å². The second-order valence-corrected chi connectivity index (χ2v) is 7.53. The molecule has 1 aromatic rings. The first-order chi connectivity index (χ1) is 10.8. The second-order valence-electron chi connectivity index (χ2n) is 6.09. The van der Waals surface area contributed by atoms with E-state index in [1.54, 1.807) is 44.4 Å². The molecule has 0 aliphatic rings. The molecule has 1 N–H and O–H groups in total. The van der Waals surface area contributed by atoms with Gasteiger partial charge in [-0.15, -0.1) is 0 Å². The molecule has 1 aromatic carbocycles. The fourth-order valence-corrected chi connectivity index (χ4v) is 3.25. The first-order valence-corrected chi connectivity index (χ1v) is 9.38. The quantitative estimate of drug-likeness (QED) is 0.583. The Bertz CT molecular complexity index is 584. The van der Waals surface area contributed by atoms with Gasteiger partial charge in [0, 0.05) is 28.3 Å². The summed E-state index contributed by atoms with van der Waals surface area (Å²) in [6, 6.07) is 6.56. The maximum atomic E-state index is 12.5. The number of carbonyl (C=O) groups excluding carboxylic acids is 2. The fourth-order valence-electron chi connectivity index (χ4n) is 2.16. The van der Waals surface area contributed by atoms with Crippen LogP contribution in [-0.4, -0.2) is 40.2 Å². The SMILES string of the molecule is CCCCOC(=O)c1ccccc1C(=O)NC(C)(C)CS(C)=O. The zero-order valence-electron chi connectivity index (χ0n) is 14.2. The van der Waals surface area contributed by atoms with Crippen molar-refractivity contribution in [1.82, 2.24) is 5.32 Å². The standard InChI is InChI=1S/C17H25NO4S/c1-5-6-11-22-16(20)14-10-8-7-9-13(14)15(19)18-17(2,3)12-23(4)21/h7-10H,5-6,11-12H2,1-4H3,(H,18,19). The van der Waals surface area contributed by atoms with Crippen molar-refractivity contribution in [2.75, 3.05) is 18.6 Å². The van der Waals surface area contributed by atoms with E-state index in [9.17, 15) is 13.8 Å². The van der Waals surface area contributed by atoms with Crippen LogP contribution in [0.4, 0.5) is 0 Å². The van der Waals surface area contributed by atoms with Crippen LogP contribution in [0.15, 0.2) is 24.3 Å². The molecule has 1 unspecified atom stereocenters. The van der Waals surface area contributed by atoms with Gasteiger partial charge >= 0.3 is 5.97 Å². The number of esters is 1. The van der Waals surface area contributed by atoms with Crippen LogP contribution in [0.3, 0.4) is 0 Å². The van der Waals surface area contributed by atoms with E-state index in [-0.39, 0.29) is 17.0 Å². The summed E-state index contributed by atoms with van der Waals surface area (Å²) in [4.78, 5) is 24.6. The highest BCUT2D eigenvalue weighted by atomic mass is 32.2. The maximum absolute atomic E-state index is 12.5. The van der Waals surface area contributed by atoms with Gasteiger partial charge in [0.1, 0.15) is 0 Å². The Hall–Kier alpha value is -1.69. The Morgan fingerprint density at radius 3 is 2.39 bits per heavy atom. The Labute approximate surface area is 140 Å². The molecular weight excluding hydrogens is 314 g/mol. The van der Waals surface area contributed by atoms with Crippen LogP contribution in [-0.2, 0) is 15.5 Å². The van der Waals surface area contributed by atoms with Crippen molar-refractivity contribution in [2.24, 2.45) is 0 Å². The lowest BCUT2D eigenvalue weighted by Crippen LogP contribution is -2.47. The molecule has 128 valence electrons. The summed E-state index contributed by atoms with van der Waals surface area (Å²) in [6.07, 6.45) is 3.31. The Morgan fingerprint density at radius 1 is 1.22 bits per heavy atom. The van der Waals surface area contributed by atoms with Crippen molar-refractivity contribution in [1.29, 1.82) is 0 Å². The van der Waals surface area contributed by atoms with Crippen molar-refractivity contribution in [3.63, 3.8) is 0 Å². The van der Waals surface area contributed by atoms with Crippen molar-refractivity contribution < 1.29 is 18.5 Å². The minimum atomic E-state index is -1.03. The van der Waals surface area contributed by atoms with E-state index in [0.717, 1.165) is 12.8 Å². The molecule has 0 bridgehead atoms. The number of ether oxygens (including phenoxy) is 1. The highest BCUT2D eigenvalue weighted by molar-refractivity contribution is 7.84. The van der Waals surface area contributed by atoms with E-state index < -0.39 is 22.3 Å². The molecule has 5 nitrogen and oxygen atoms in total. The lowest BCUT2D eigenvalue weighted by atomic mass is 10.0. The van der Waals surface area contributed by atoms with E-state index in [1.807, 2.05) is 6.92 Å². The van der Waals surface area contributed by atoms with Gasteiger partial charge in [-0.1, -0.05) is 25.5 Å². The predicted molar refractivity (Wildman–Crippen MR) is 92.1 cm³/mol. The third-order valence-electron chi connectivity index (χ3n) is 3.14. The van der Waals surface area contributed by atoms with Gasteiger partial charge in [0.15, 0.2) is 0 Å². The third-order valence-corrected chi connectivity index (χ3v) is 4.27. The summed E-state index contributed by atoms with van der Waals surface area (Å²) in [7, 11) is -1.03. The third kappa shape index (κ3) is 6.52. The number of carbonyl (C=O) groups is 2. The molecule has 0 heterocycles. The van der Waals surface area contributed by atoms with Gasteiger partial charge in [0.2, 0.25) is 0 Å². The van der Waals surface area contributed by atoms with E-state index in [4.69, 9.17) is 4.74 Å². The molecule has 0 aliphatic heterocycles. The van der Waals surface area contributed by atoms with Gasteiger partial charge < -0.3 is 10.1 Å². The largest absolute Gasteiger partial charge is 0.462 e. The average molecular weight is 339 g/mol. The van der Waals surface area contributed by atoms with Crippen LogP contribution in [0.1, 0.15) is 54.3 Å². The highest BCUT2D eigenvalue weighted by Gasteiger charge is 2.25. The molecule has 0 saturated heterocycles. The monoisotopic (exact) mass is 339 g/mol. The molecule has 0 aromatic heterocycles. The number of rotatable bonds is 8. The first kappa shape index (κ1) is 19.4. The molecule has 0 radical (unpaired) electrons. The lowest BCUT2D eigenvalue weighted by Gasteiger charge is -2.25. The normalized spacial score (nSPS) is 12.5. The molecule has 0 saturated carbocycles. The van der Waals surface area contributed by atoms with E-state index in [2.05, 4.69) is 5.32 Å². The summed E-state index contributed by atoms with van der Waals surface area (Å²) in [5.74, 6) is -0.536. The second kappa shape index (κ2) is 8.82. The molecule has 0 spiro atoms. The van der Waals surface area contributed by atoms with Crippen LogP contribution < -0.4 is 5.32 Å². The van der Waals surface area contributed by atoms with Gasteiger partial charge in [-0.05, 0) is 32.4 Å². The van der Waals surface area contributed by atoms with Crippen molar-refractivity contribution in [3.8, 4) is 0 Å². The minimum Gasteiger partial charge on any atom is -0.462 e. The predicted octanol–water partition coefficient (Wildman–Crippen LogP) is 2.53. The zero-order valence-corrected chi connectivity index (χ0v) is 15.0. The van der Waals surface area contributed by atoms with Gasteiger partial charge in [0.05, 0.1) is 17.7 Å². The molecular formula is C17H25NO4S. The smallest absolute Gasteiger partial charge is 0.338 e. The summed E-state index contributed by atoms with van der Waals surface area (Å²) in [5.41, 5.74) is -0.117. The number of hydrogen-bond donors (Lipinski definition) is 1. The molecule has 6 heteroatoms. The number of benzene rings is 1. The molecule has 1 atom stereocenters. The number of amides is 1. The summed E-state index contributed by atoms with van der Waals surface area (Å²) in [6.45, 7) is 5.95. The minimum absolute atomic E-state index is 0.245. The van der Waals surface area contributed by atoms with E-state index >= 15 is 0 Å². The van der Waals surface area contributed by atoms with Crippen LogP contribution in [0.5, 0.6) is 0 Å². The number of hydrogen-bond acceptors (Lipinski definition) is 4. The Balaban J connectivity index is 2.89. The van der Waals surface area contributed by atoms with Gasteiger partial charge in [0.25, 0.3) is 5.91 Å². The van der Waals surface area contributed by atoms with Crippen LogP contribution >= 0.6 is 0 Å². The van der Waals surface area contributed by atoms with Crippen molar-refractivity contribution >= 4 is 22.7 Å². The Kier molecular flexibility index (Phi) is 7.42. The summed E-state index contributed by atoms with van der Waals surface area (Å²) >= 11 is 0. The Morgan fingerprint density at radius 2 is 1.83 bits per heavy atom. The summed E-state index contributed by atoms with van der Waals surface area (Å²) in [5, 5.41) is 2.83. The molecule has 23 heavy (non-hydrogen) atoms. The van der Waals surface area contributed by atoms with Gasteiger partial charge in [-0.2, -0.15) is 0 Å². The van der Waals surface area contributed by atoms with Crippen LogP contribution in [0.2, 0.25) is 0 Å². The van der Waals surface area contributed by atoms with Gasteiger partial charge in [-0.25, -0.2) is 4.79 Å². The zero-order chi connectivity index (χ0) is 17.5. The topological polar surface area (TPSA) is 72.5 Å². The molecule has 1 amide bonds. The molecule has 0 aliphatic carbocycles. The molecule has 1 rings (SSSR count). The van der Waals surface area contributed by atoms with E-state index in [0.29, 0.717) is 12.4 Å². The number of nitrogens with one attached hydrogen (secondary N) is 1. The molecule has 0 fully saturated rings. The number of unbranched alkanes of at least 4 members (excludes halogenated alkanes) is 1. The highest BCUT2D eigenvalue weighted by Crippen LogP contribution is 2.13. The average Bonchev–Trinajstić information content (AvgIpc) is 2.45. The first-order valence-electron chi connectivity index (χ1n) is 7.65. The van der Waals surface area contributed by atoms with Gasteiger partial charge in [-0.3, -0.25) is 9.00 Å². The summed E-state index contributed by atoms with van der Waals surface area (Å²) < 4.78 is 16.6. The lowest BCUT2D eigenvalue weighted by molar-refractivity contribution is 0.0495. The van der Waals surface area contributed by atoms with E-state index in [1.165, 1.54) is 0 Å². The van der Waals surface area contributed by atoms with Crippen LogP contribution in [0.25, 0.3) is 0 Å². The fraction of sp³-hybridized carbons (Fsp3) is 0.529. The maximum Gasteiger partial charge on any atom is 0.338 e. The van der Waals surface area contributed by atoms with Crippen molar-refractivity contribution in [2.45, 2.75) is 39.2 Å².